The van der Waals surface area contributed by atoms with Crippen LogP contribution in [0.1, 0.15) is 303 Å². The third-order valence-electron chi connectivity index (χ3n) is 14.8. The minimum Gasteiger partial charge on any atom is -0.756 e. The molecule has 0 saturated carbocycles. The third-order valence-corrected chi connectivity index (χ3v) is 15.8. The van der Waals surface area contributed by atoms with Crippen molar-refractivity contribution in [2.24, 2.45) is 0 Å². The Bertz CT molecular complexity index is 1560. The summed E-state index contributed by atoms with van der Waals surface area (Å²) in [6, 6.07) is -0.911. The number of carbonyl (C=O) groups excluding carboxylic acids is 1. The highest BCUT2D eigenvalue weighted by Crippen LogP contribution is 2.38. The Labute approximate surface area is 490 Å². The second kappa shape index (κ2) is 60.3. The van der Waals surface area contributed by atoms with Crippen molar-refractivity contribution in [1.29, 1.82) is 0 Å². The fourth-order valence-corrected chi connectivity index (χ4v) is 10.4. The molecule has 0 spiro atoms. The second-order valence-corrected chi connectivity index (χ2v) is 25.2. The Morgan fingerprint density at radius 2 is 0.785 bits per heavy atom. The molecule has 0 radical (unpaired) electrons. The molecule has 8 nitrogen and oxygen atoms in total. The zero-order chi connectivity index (χ0) is 57.7. The van der Waals surface area contributed by atoms with Crippen LogP contribution >= 0.6 is 7.82 Å². The van der Waals surface area contributed by atoms with Crippen LogP contribution in [0.15, 0.2) is 85.1 Å². The maximum Gasteiger partial charge on any atom is 0.268 e. The van der Waals surface area contributed by atoms with Gasteiger partial charge in [-0.3, -0.25) is 9.36 Å². The van der Waals surface area contributed by atoms with E-state index in [4.69, 9.17) is 9.05 Å². The van der Waals surface area contributed by atoms with Crippen LogP contribution < -0.4 is 10.2 Å². The maximum atomic E-state index is 13.0. The number of nitrogens with one attached hydrogen (secondary N) is 1. The van der Waals surface area contributed by atoms with Crippen molar-refractivity contribution >= 4 is 13.7 Å². The number of allylic oxidation sites excluding steroid dienone is 13. The number of amides is 1. The summed E-state index contributed by atoms with van der Waals surface area (Å²) in [5.41, 5.74) is 0. The lowest BCUT2D eigenvalue weighted by molar-refractivity contribution is -0.870. The van der Waals surface area contributed by atoms with Gasteiger partial charge in [0.05, 0.1) is 39.9 Å². The number of hydrogen-bond donors (Lipinski definition) is 2. The van der Waals surface area contributed by atoms with Crippen LogP contribution in [0.25, 0.3) is 0 Å². The molecule has 460 valence electrons. The number of carbonyl (C=O) groups is 1. The summed E-state index contributed by atoms with van der Waals surface area (Å²) in [5, 5.41) is 13.9. The van der Waals surface area contributed by atoms with Gasteiger partial charge in [0.25, 0.3) is 7.82 Å². The Kier molecular flexibility index (Phi) is 58.5. The van der Waals surface area contributed by atoms with Gasteiger partial charge in [-0.15, -0.1) is 0 Å². The molecule has 0 aliphatic carbocycles. The van der Waals surface area contributed by atoms with Gasteiger partial charge in [0.1, 0.15) is 13.2 Å². The highest BCUT2D eigenvalue weighted by Gasteiger charge is 2.23. The summed E-state index contributed by atoms with van der Waals surface area (Å²) >= 11 is 0. The number of likely N-dealkylation sites (N-methyl/N-ethyl adjacent to an activating group) is 1. The van der Waals surface area contributed by atoms with Gasteiger partial charge in [-0.25, -0.2) is 0 Å². The quantitative estimate of drug-likeness (QED) is 0.0272. The molecule has 79 heavy (non-hydrogen) atoms. The Hall–Kier alpha value is -2.32. The summed E-state index contributed by atoms with van der Waals surface area (Å²) < 4.78 is 23.4. The standard InChI is InChI=1S/C70H129N2O6P/c1-6-8-10-12-14-16-18-20-22-24-26-27-28-29-30-31-32-33-34-35-36-37-38-39-40-41-42-43-44-45-46-48-50-52-54-56-58-60-62-64-70(74)71-68(67-78-79(75,76)77-66-65-72(3,4)5)69(73)63-61-59-57-55-53-51-49-47-25-23-21-19-17-15-13-11-9-7-2/h8,10,14,16,20,22,25-27,47,53,55,61,63,68-69,73H,6-7,9,11-13,15,17-19,21,23-24,28-46,48-52,54,56-60,62,64-67H2,1-5H3,(H-,71,74,75,76)/b10-8-,16-14-,22-20-,27-26-,47-25+,55-53+,63-61+. The Morgan fingerprint density at radius 3 is 1.18 bits per heavy atom. The first-order chi connectivity index (χ1) is 38.5. The van der Waals surface area contributed by atoms with Gasteiger partial charge in [-0.2, -0.15) is 0 Å². The highest BCUT2D eigenvalue weighted by molar-refractivity contribution is 7.45. The number of phosphoric ester groups is 1. The predicted molar refractivity (Wildman–Crippen MR) is 343 cm³/mol. The molecule has 2 N–H and O–H groups in total. The van der Waals surface area contributed by atoms with E-state index in [1.165, 1.54) is 212 Å². The van der Waals surface area contributed by atoms with Gasteiger partial charge in [0, 0.05) is 6.42 Å². The van der Waals surface area contributed by atoms with E-state index in [0.717, 1.165) is 70.6 Å². The normalized spacial score (nSPS) is 14.3. The average molecular weight is 1130 g/mol. The first kappa shape index (κ1) is 76.7. The molecular weight excluding hydrogens is 996 g/mol. The van der Waals surface area contributed by atoms with Crippen LogP contribution in [-0.4, -0.2) is 68.5 Å². The van der Waals surface area contributed by atoms with Crippen LogP contribution in [0, 0.1) is 0 Å². The van der Waals surface area contributed by atoms with E-state index in [0.29, 0.717) is 17.4 Å². The summed E-state index contributed by atoms with van der Waals surface area (Å²) in [6.07, 6.45) is 85.7. The summed E-state index contributed by atoms with van der Waals surface area (Å²) in [4.78, 5) is 25.6. The van der Waals surface area contributed by atoms with E-state index in [-0.39, 0.29) is 12.5 Å². The molecule has 0 aromatic rings. The van der Waals surface area contributed by atoms with Crippen LogP contribution in [0.5, 0.6) is 0 Å². The van der Waals surface area contributed by atoms with Gasteiger partial charge in [-0.1, -0.05) is 298 Å². The number of aliphatic hydroxyl groups excluding tert-OH is 1. The highest BCUT2D eigenvalue weighted by atomic mass is 31.2. The zero-order valence-corrected chi connectivity index (χ0v) is 53.5. The van der Waals surface area contributed by atoms with E-state index in [1.54, 1.807) is 6.08 Å². The third kappa shape index (κ3) is 63.1. The molecule has 0 fully saturated rings. The maximum absolute atomic E-state index is 13.0. The van der Waals surface area contributed by atoms with E-state index >= 15 is 0 Å². The minimum atomic E-state index is -4.61. The van der Waals surface area contributed by atoms with E-state index < -0.39 is 26.6 Å². The fourth-order valence-electron chi connectivity index (χ4n) is 9.65. The number of phosphoric acid groups is 1. The molecule has 1 amide bonds. The molecule has 0 aliphatic heterocycles. The van der Waals surface area contributed by atoms with Crippen molar-refractivity contribution in [2.45, 2.75) is 315 Å². The summed E-state index contributed by atoms with van der Waals surface area (Å²) in [6.45, 7) is 4.52. The molecule has 0 aromatic carbocycles. The smallest absolute Gasteiger partial charge is 0.268 e. The monoisotopic (exact) mass is 1120 g/mol. The van der Waals surface area contributed by atoms with Crippen molar-refractivity contribution in [3.63, 3.8) is 0 Å². The average Bonchev–Trinajstić information content (AvgIpc) is 3.42. The van der Waals surface area contributed by atoms with Gasteiger partial charge in [-0.05, 0) is 83.5 Å². The lowest BCUT2D eigenvalue weighted by Crippen LogP contribution is -2.45. The van der Waals surface area contributed by atoms with Gasteiger partial charge in [0.15, 0.2) is 0 Å². The fraction of sp³-hybridized carbons (Fsp3) is 0.786. The molecule has 0 aromatic heterocycles. The number of quaternary nitrogens is 1. The minimum absolute atomic E-state index is 0.00959. The number of nitrogens with zero attached hydrogens (tertiary/aromatic N) is 1. The largest absolute Gasteiger partial charge is 0.756 e. The van der Waals surface area contributed by atoms with E-state index in [2.05, 4.69) is 92.1 Å². The SMILES string of the molecule is CC/C=C\C/C=C\C/C=C\C/C=C\CCCCCCCCCCCCCCCCCCCCCCCCCCCCC(=O)NC(COP(=O)([O-])OCC[N+](C)(C)C)C(O)/C=C/CC/C=C/CC/C=C/CCCCCCCCCC. The molecule has 9 heteroatoms. The van der Waals surface area contributed by atoms with Gasteiger partial charge < -0.3 is 28.8 Å². The number of rotatable bonds is 61. The van der Waals surface area contributed by atoms with Crippen molar-refractivity contribution in [3.05, 3.63) is 85.1 Å². The van der Waals surface area contributed by atoms with Gasteiger partial charge in [0.2, 0.25) is 5.91 Å². The first-order valence-electron chi connectivity index (χ1n) is 33.4. The number of hydrogen-bond acceptors (Lipinski definition) is 6. The van der Waals surface area contributed by atoms with Crippen LogP contribution in [0.2, 0.25) is 0 Å². The van der Waals surface area contributed by atoms with E-state index in [9.17, 15) is 19.4 Å². The first-order valence-corrected chi connectivity index (χ1v) is 34.9. The van der Waals surface area contributed by atoms with Crippen molar-refractivity contribution < 1.29 is 32.9 Å². The number of aliphatic hydroxyl groups is 1. The predicted octanol–water partition coefficient (Wildman–Crippen LogP) is 20.5. The summed E-state index contributed by atoms with van der Waals surface area (Å²) in [7, 11) is 1.24. The van der Waals surface area contributed by atoms with Crippen molar-refractivity contribution in [3.8, 4) is 0 Å². The molecule has 0 bridgehead atoms. The topological polar surface area (TPSA) is 108 Å². The lowest BCUT2D eigenvalue weighted by Gasteiger charge is -2.29. The molecular formula is C70H129N2O6P. The Balaban J connectivity index is 3.97. The summed E-state index contributed by atoms with van der Waals surface area (Å²) in [5.74, 6) is -0.208. The van der Waals surface area contributed by atoms with Crippen molar-refractivity contribution in [2.75, 3.05) is 40.9 Å². The van der Waals surface area contributed by atoms with Gasteiger partial charge >= 0.3 is 0 Å². The second-order valence-electron chi connectivity index (χ2n) is 23.8. The molecule has 3 unspecified atom stereocenters. The van der Waals surface area contributed by atoms with E-state index in [1.807, 2.05) is 27.2 Å². The molecule has 0 rings (SSSR count). The molecule has 3 atom stereocenters. The zero-order valence-electron chi connectivity index (χ0n) is 52.6. The number of unbranched alkanes of at least 4 members (excludes halogenated alkanes) is 36. The lowest BCUT2D eigenvalue weighted by atomic mass is 10.0. The van der Waals surface area contributed by atoms with Crippen molar-refractivity contribution in [1.82, 2.24) is 5.32 Å². The van der Waals surface area contributed by atoms with Crippen LogP contribution in [0.4, 0.5) is 0 Å². The van der Waals surface area contributed by atoms with Crippen LogP contribution in [-0.2, 0) is 18.4 Å². The molecule has 0 heterocycles. The molecule has 0 aliphatic rings. The molecule has 0 saturated heterocycles. The van der Waals surface area contributed by atoms with Crippen LogP contribution in [0.3, 0.4) is 0 Å². The Morgan fingerprint density at radius 1 is 0.456 bits per heavy atom.